The predicted molar refractivity (Wildman–Crippen MR) is 76.0 cm³/mol. The van der Waals surface area contributed by atoms with Crippen LogP contribution >= 0.6 is 0 Å². The minimum atomic E-state index is 0.639. The Morgan fingerprint density at radius 3 is 1.68 bits per heavy atom. The molecule has 2 unspecified atom stereocenters. The van der Waals surface area contributed by atoms with E-state index in [1.54, 1.807) is 12.8 Å². The molecule has 1 aromatic carbocycles. The van der Waals surface area contributed by atoms with E-state index in [-0.39, 0.29) is 0 Å². The van der Waals surface area contributed by atoms with Gasteiger partial charge in [0.05, 0.1) is 11.1 Å². The summed E-state index contributed by atoms with van der Waals surface area (Å²) in [5, 5.41) is 0. The highest BCUT2D eigenvalue weighted by Crippen LogP contribution is 2.85. The normalized spacial score (nSPS) is 55.5. The number of rotatable bonds is 1. The van der Waals surface area contributed by atoms with Crippen LogP contribution in [0.2, 0.25) is 0 Å². The summed E-state index contributed by atoms with van der Waals surface area (Å²) in [7, 11) is 0. The van der Waals surface area contributed by atoms with E-state index in [4.69, 9.17) is 0 Å². The van der Waals surface area contributed by atoms with Gasteiger partial charge in [0.2, 0.25) is 0 Å². The zero-order chi connectivity index (χ0) is 12.2. The maximum absolute atomic E-state index is 2.94. The van der Waals surface area contributed by atoms with Crippen molar-refractivity contribution in [3.63, 3.8) is 0 Å². The monoisotopic (exact) mass is 251 g/mol. The first-order valence-corrected chi connectivity index (χ1v) is 8.25. The highest BCUT2D eigenvalue weighted by Gasteiger charge is 2.93. The first-order chi connectivity index (χ1) is 9.40. The van der Waals surface area contributed by atoms with Gasteiger partial charge in [0.25, 0.3) is 0 Å². The summed E-state index contributed by atoms with van der Waals surface area (Å²) in [6, 6.07) is 11.4. The fraction of sp³-hybridized carbons (Fsp3) is 0.667. The lowest BCUT2D eigenvalue weighted by Gasteiger charge is -2.29. The van der Waals surface area contributed by atoms with Crippen molar-refractivity contribution in [3.8, 4) is 0 Å². The molecule has 0 aromatic heterocycles. The summed E-state index contributed by atoms with van der Waals surface area (Å²) in [5.41, 5.74) is 2.82. The molecule has 1 aromatic rings. The van der Waals surface area contributed by atoms with Crippen LogP contribution in [0.3, 0.4) is 0 Å². The fourth-order valence-electron chi connectivity index (χ4n) is 7.70. The number of anilines is 1. The van der Waals surface area contributed by atoms with Gasteiger partial charge < -0.3 is 4.90 Å². The van der Waals surface area contributed by atoms with Crippen molar-refractivity contribution in [2.24, 2.45) is 23.7 Å². The van der Waals surface area contributed by atoms with Gasteiger partial charge in [-0.15, -0.1) is 0 Å². The molecule has 0 N–H and O–H groups in total. The molecule has 98 valence electrons. The average molecular weight is 251 g/mol. The van der Waals surface area contributed by atoms with Crippen molar-refractivity contribution in [1.29, 1.82) is 0 Å². The van der Waals surface area contributed by atoms with Crippen molar-refractivity contribution in [2.45, 2.75) is 49.6 Å². The lowest BCUT2D eigenvalue weighted by atomic mass is 9.71. The van der Waals surface area contributed by atoms with Gasteiger partial charge in [-0.3, -0.25) is 0 Å². The molecule has 1 heterocycles. The van der Waals surface area contributed by atoms with E-state index >= 15 is 0 Å². The molecular weight excluding hydrogens is 230 g/mol. The Morgan fingerprint density at radius 2 is 1.21 bits per heavy atom. The van der Waals surface area contributed by atoms with Crippen molar-refractivity contribution in [3.05, 3.63) is 30.3 Å². The van der Waals surface area contributed by atoms with Crippen LogP contribution in [-0.4, -0.2) is 11.1 Å². The third-order valence-corrected chi connectivity index (χ3v) is 7.70. The van der Waals surface area contributed by atoms with Crippen LogP contribution in [0.25, 0.3) is 0 Å². The van der Waals surface area contributed by atoms with Crippen LogP contribution in [0.15, 0.2) is 30.3 Å². The molecule has 1 heteroatoms. The molecule has 4 saturated carbocycles. The zero-order valence-corrected chi connectivity index (χ0v) is 11.4. The Labute approximate surface area is 115 Å². The maximum Gasteiger partial charge on any atom is 0.0702 e. The Bertz CT molecular complexity index is 510. The van der Waals surface area contributed by atoms with Crippen molar-refractivity contribution >= 4 is 5.69 Å². The summed E-state index contributed by atoms with van der Waals surface area (Å²) in [4.78, 5) is 2.94. The maximum atomic E-state index is 2.94. The number of hydrogen-bond donors (Lipinski definition) is 0. The Hall–Kier alpha value is -0.980. The van der Waals surface area contributed by atoms with Crippen LogP contribution in [0.4, 0.5) is 5.69 Å². The standard InChI is InChI=1S/C18H21N/c1-2-4-16(5-3-1)19-17-12-6-7-13(10-12)18(17,19)15-9-8-14(17)11-15/h1-5,12-15H,6-11H2/t12-,13-,14-,15+,17?,18?,19?/m1/s1. The summed E-state index contributed by atoms with van der Waals surface area (Å²) >= 11 is 0. The Kier molecular flexibility index (Phi) is 1.41. The first-order valence-electron chi connectivity index (χ1n) is 8.25. The SMILES string of the molecule is c1ccc(N2C34[C@@H]5CC[C@H](C5)C23[C@H]2CC[C@@H]4C2)cc1. The largest absolute Gasteiger partial charge is 0.354 e. The second-order valence-corrected chi connectivity index (χ2v) is 7.74. The minimum Gasteiger partial charge on any atom is -0.354 e. The molecule has 0 radical (unpaired) electrons. The highest BCUT2D eigenvalue weighted by atomic mass is 15.5. The molecule has 0 amide bonds. The molecule has 4 bridgehead atoms. The molecular formula is C18H21N. The molecule has 5 fully saturated rings. The van der Waals surface area contributed by atoms with E-state index < -0.39 is 0 Å². The average Bonchev–Trinajstić information content (AvgIpc) is 2.98. The highest BCUT2D eigenvalue weighted by molar-refractivity contribution is 5.72. The van der Waals surface area contributed by atoms with E-state index in [0.717, 1.165) is 23.7 Å². The summed E-state index contributed by atoms with van der Waals surface area (Å²) < 4.78 is 0. The first kappa shape index (κ1) is 9.85. The third-order valence-electron chi connectivity index (χ3n) is 7.70. The zero-order valence-electron chi connectivity index (χ0n) is 11.4. The summed E-state index contributed by atoms with van der Waals surface area (Å²) in [6.45, 7) is 0. The molecule has 0 spiro atoms. The lowest BCUT2D eigenvalue weighted by Crippen LogP contribution is -2.37. The van der Waals surface area contributed by atoms with E-state index in [1.807, 2.05) is 0 Å². The molecule has 1 aliphatic heterocycles. The van der Waals surface area contributed by atoms with Gasteiger partial charge in [-0.25, -0.2) is 0 Å². The predicted octanol–water partition coefficient (Wildman–Crippen LogP) is 3.84. The molecule has 6 atom stereocenters. The van der Waals surface area contributed by atoms with Crippen LogP contribution in [0.1, 0.15) is 38.5 Å². The topological polar surface area (TPSA) is 3.01 Å². The van der Waals surface area contributed by atoms with Gasteiger partial charge >= 0.3 is 0 Å². The smallest absolute Gasteiger partial charge is 0.0702 e. The fourth-order valence-corrected chi connectivity index (χ4v) is 7.70. The van der Waals surface area contributed by atoms with Crippen molar-refractivity contribution < 1.29 is 0 Å². The Morgan fingerprint density at radius 1 is 0.737 bits per heavy atom. The van der Waals surface area contributed by atoms with Gasteiger partial charge in [0.15, 0.2) is 0 Å². The van der Waals surface area contributed by atoms with E-state index in [9.17, 15) is 0 Å². The number of piperidine rings is 2. The van der Waals surface area contributed by atoms with E-state index in [1.165, 1.54) is 31.4 Å². The molecule has 19 heavy (non-hydrogen) atoms. The number of fused-ring (bicyclic) bond motifs is 4. The lowest BCUT2D eigenvalue weighted by molar-refractivity contribution is 0.265. The van der Waals surface area contributed by atoms with Crippen LogP contribution in [0.5, 0.6) is 0 Å². The minimum absolute atomic E-state index is 0.639. The number of hydrogen-bond acceptors (Lipinski definition) is 1. The van der Waals surface area contributed by atoms with E-state index in [2.05, 4.69) is 35.2 Å². The molecule has 4 aliphatic carbocycles. The summed E-state index contributed by atoms with van der Waals surface area (Å²) in [5.74, 6) is 4.14. The van der Waals surface area contributed by atoms with Crippen LogP contribution in [0, 0.1) is 23.7 Å². The quantitative estimate of drug-likeness (QED) is 0.685. The van der Waals surface area contributed by atoms with Gasteiger partial charge in [0.1, 0.15) is 0 Å². The summed E-state index contributed by atoms with van der Waals surface area (Å²) in [6.07, 6.45) is 9.24. The molecule has 1 saturated heterocycles. The van der Waals surface area contributed by atoms with Crippen LogP contribution in [-0.2, 0) is 0 Å². The van der Waals surface area contributed by atoms with Gasteiger partial charge in [-0.2, -0.15) is 0 Å². The second-order valence-electron chi connectivity index (χ2n) is 7.74. The number of para-hydroxylation sites is 1. The third kappa shape index (κ3) is 0.740. The molecule has 5 aliphatic rings. The van der Waals surface area contributed by atoms with Gasteiger partial charge in [0, 0.05) is 5.69 Å². The number of nitrogens with zero attached hydrogens (tertiary/aromatic N) is 1. The van der Waals surface area contributed by atoms with Crippen molar-refractivity contribution in [1.82, 2.24) is 0 Å². The van der Waals surface area contributed by atoms with E-state index in [0.29, 0.717) is 11.1 Å². The van der Waals surface area contributed by atoms with Gasteiger partial charge in [-0.1, -0.05) is 18.2 Å². The van der Waals surface area contributed by atoms with Crippen molar-refractivity contribution in [2.75, 3.05) is 4.90 Å². The van der Waals surface area contributed by atoms with Crippen LogP contribution < -0.4 is 4.90 Å². The molecule has 6 rings (SSSR count). The molecule has 1 nitrogen and oxygen atoms in total. The van der Waals surface area contributed by atoms with Gasteiger partial charge in [-0.05, 0) is 74.3 Å². The Balaban J connectivity index is 1.59. The number of benzene rings is 1. The second kappa shape index (κ2) is 2.73.